The monoisotopic (exact) mass is 440 g/mol. The number of fused-ring (bicyclic) bond motifs is 1. The van der Waals surface area contributed by atoms with E-state index in [4.69, 9.17) is 4.98 Å². The molecule has 0 radical (unpaired) electrons. The zero-order valence-electron chi connectivity index (χ0n) is 19.6. The largest absolute Gasteiger partial charge is 0.359 e. The van der Waals surface area contributed by atoms with Crippen LogP contribution in [-0.4, -0.2) is 42.4 Å². The number of carbonyl (C=O) groups excluding carboxylic acids is 1. The maximum absolute atomic E-state index is 15.3. The number of benzene rings is 1. The van der Waals surface area contributed by atoms with Gasteiger partial charge in [-0.25, -0.2) is 4.39 Å². The molecule has 0 spiro atoms. The lowest BCUT2D eigenvalue weighted by Crippen LogP contribution is -2.48. The second kappa shape index (κ2) is 8.68. The number of aromatic nitrogens is 2. The highest BCUT2D eigenvalue weighted by Crippen LogP contribution is 2.41. The summed E-state index contributed by atoms with van der Waals surface area (Å²) in [5.74, 6) is 1.01. The summed E-state index contributed by atoms with van der Waals surface area (Å²) in [6.07, 6.45) is 4.32. The molecule has 3 heterocycles. The number of aryl methyl sites for hydroxylation is 2. The summed E-state index contributed by atoms with van der Waals surface area (Å²) in [5, 5.41) is 0. The Bertz CT molecular complexity index is 1090. The molecule has 4 rings (SSSR count). The van der Waals surface area contributed by atoms with Gasteiger partial charge in [0.15, 0.2) is 0 Å². The van der Waals surface area contributed by atoms with Gasteiger partial charge in [-0.1, -0.05) is 19.4 Å². The molecular weight excluding hydrogens is 407 g/mol. The number of hydrogen-bond donors (Lipinski definition) is 1. The first-order valence-electron chi connectivity index (χ1n) is 11.7. The van der Waals surface area contributed by atoms with Gasteiger partial charge in [-0.2, -0.15) is 4.98 Å². The molecular formula is C25H33FN4O2. The van der Waals surface area contributed by atoms with Gasteiger partial charge in [-0.15, -0.1) is 0 Å². The third kappa shape index (κ3) is 3.82. The lowest BCUT2D eigenvalue weighted by Gasteiger charge is -2.42. The fraction of sp³-hybridized carbons (Fsp3) is 0.560. The SMILES string of the molecule is CCCc1cc(C)cc(F)c1C1(C(C)=O)CCN(c2nc3c(c(=O)[nH]2)CCCN3C)CC1. The van der Waals surface area contributed by atoms with Gasteiger partial charge in [0.25, 0.3) is 5.56 Å². The van der Waals surface area contributed by atoms with Crippen LogP contribution < -0.4 is 15.4 Å². The van der Waals surface area contributed by atoms with Gasteiger partial charge >= 0.3 is 0 Å². The average Bonchev–Trinajstić information content (AvgIpc) is 2.74. The number of nitrogens with one attached hydrogen (secondary N) is 1. The number of aromatic amines is 1. The van der Waals surface area contributed by atoms with Crippen molar-refractivity contribution in [2.75, 3.05) is 36.5 Å². The standard InChI is InChI=1S/C25H33FN4O2/c1-5-7-18-14-16(2)15-20(26)21(18)25(17(3)31)9-12-30(13-10-25)24-27-22-19(23(32)28-24)8-6-11-29(22)4/h14-15H,5-13H2,1-4H3,(H,27,28,32). The molecule has 32 heavy (non-hydrogen) atoms. The molecule has 2 aliphatic heterocycles. The molecule has 2 aromatic rings. The van der Waals surface area contributed by atoms with Crippen molar-refractivity contribution in [3.8, 4) is 0 Å². The molecule has 1 aromatic heterocycles. The highest BCUT2D eigenvalue weighted by atomic mass is 19.1. The highest BCUT2D eigenvalue weighted by Gasteiger charge is 2.44. The molecule has 172 valence electrons. The Hall–Kier alpha value is -2.70. The van der Waals surface area contributed by atoms with Crippen molar-refractivity contribution in [2.24, 2.45) is 0 Å². The van der Waals surface area contributed by atoms with Crippen LogP contribution in [-0.2, 0) is 23.1 Å². The predicted octanol–water partition coefficient (Wildman–Crippen LogP) is 3.68. The Morgan fingerprint density at radius 2 is 1.97 bits per heavy atom. The van der Waals surface area contributed by atoms with Crippen molar-refractivity contribution in [2.45, 2.75) is 64.7 Å². The first-order chi connectivity index (χ1) is 15.3. The number of H-pyrrole nitrogens is 1. The van der Waals surface area contributed by atoms with Crippen LogP contribution in [0.3, 0.4) is 0 Å². The molecule has 0 saturated carbocycles. The number of carbonyl (C=O) groups is 1. The number of rotatable bonds is 5. The van der Waals surface area contributed by atoms with Gasteiger partial charge < -0.3 is 9.80 Å². The maximum atomic E-state index is 15.3. The van der Waals surface area contributed by atoms with Crippen LogP contribution in [0.15, 0.2) is 16.9 Å². The van der Waals surface area contributed by atoms with E-state index in [1.165, 1.54) is 0 Å². The molecule has 1 fully saturated rings. The van der Waals surface area contributed by atoms with Crippen molar-refractivity contribution < 1.29 is 9.18 Å². The van der Waals surface area contributed by atoms with Crippen LogP contribution in [0, 0.1) is 12.7 Å². The summed E-state index contributed by atoms with van der Waals surface area (Å²) in [6, 6.07) is 3.57. The molecule has 7 heteroatoms. The average molecular weight is 441 g/mol. The number of anilines is 2. The van der Waals surface area contributed by atoms with E-state index < -0.39 is 5.41 Å². The maximum Gasteiger partial charge on any atom is 0.257 e. The predicted molar refractivity (Wildman–Crippen MR) is 125 cm³/mol. The van der Waals surface area contributed by atoms with E-state index in [2.05, 4.69) is 11.9 Å². The van der Waals surface area contributed by atoms with Crippen molar-refractivity contribution >= 4 is 17.5 Å². The normalized spacial score (nSPS) is 17.9. The van der Waals surface area contributed by atoms with Gasteiger partial charge in [0.2, 0.25) is 5.95 Å². The van der Waals surface area contributed by atoms with Gasteiger partial charge in [0, 0.05) is 32.2 Å². The topological polar surface area (TPSA) is 69.3 Å². The van der Waals surface area contributed by atoms with E-state index in [9.17, 15) is 9.59 Å². The summed E-state index contributed by atoms with van der Waals surface area (Å²) >= 11 is 0. The number of piperidine rings is 1. The third-order valence-electron chi connectivity index (χ3n) is 7.17. The second-order valence-electron chi connectivity index (χ2n) is 9.37. The number of halogens is 1. The third-order valence-corrected chi connectivity index (χ3v) is 7.17. The van der Waals surface area contributed by atoms with E-state index >= 15 is 4.39 Å². The first-order valence-corrected chi connectivity index (χ1v) is 11.7. The fourth-order valence-electron chi connectivity index (χ4n) is 5.46. The Morgan fingerprint density at radius 1 is 1.25 bits per heavy atom. The summed E-state index contributed by atoms with van der Waals surface area (Å²) < 4.78 is 15.3. The van der Waals surface area contributed by atoms with Gasteiger partial charge in [0.1, 0.15) is 17.4 Å². The zero-order chi connectivity index (χ0) is 23.0. The molecule has 6 nitrogen and oxygen atoms in total. The number of ketones is 1. The lowest BCUT2D eigenvalue weighted by molar-refractivity contribution is -0.123. The van der Waals surface area contributed by atoms with Gasteiger partial charge in [-0.05, 0) is 63.1 Å². The summed E-state index contributed by atoms with van der Waals surface area (Å²) in [7, 11) is 1.96. The van der Waals surface area contributed by atoms with E-state index in [1.54, 1.807) is 13.0 Å². The van der Waals surface area contributed by atoms with Crippen molar-refractivity contribution in [3.05, 3.63) is 50.6 Å². The molecule has 0 aliphatic carbocycles. The number of Topliss-reactive ketones (excluding diaryl/α,β-unsaturated/α-hetero) is 1. The van der Waals surface area contributed by atoms with Crippen LogP contribution in [0.4, 0.5) is 16.2 Å². The molecule has 0 amide bonds. The summed E-state index contributed by atoms with van der Waals surface area (Å²) in [6.45, 7) is 7.49. The van der Waals surface area contributed by atoms with Crippen LogP contribution >= 0.6 is 0 Å². The minimum atomic E-state index is -0.843. The molecule has 0 unspecified atom stereocenters. The second-order valence-corrected chi connectivity index (χ2v) is 9.37. The smallest absolute Gasteiger partial charge is 0.257 e. The minimum Gasteiger partial charge on any atom is -0.359 e. The summed E-state index contributed by atoms with van der Waals surface area (Å²) in [5.41, 5.74) is 2.20. The zero-order valence-corrected chi connectivity index (χ0v) is 19.6. The quantitative estimate of drug-likeness (QED) is 0.768. The Kier molecular flexibility index (Phi) is 6.10. The van der Waals surface area contributed by atoms with Crippen molar-refractivity contribution in [1.82, 2.24) is 9.97 Å². The van der Waals surface area contributed by atoms with E-state index in [1.807, 2.05) is 29.8 Å². The van der Waals surface area contributed by atoms with Crippen LogP contribution in [0.25, 0.3) is 0 Å². The molecule has 2 aliphatic rings. The van der Waals surface area contributed by atoms with Gasteiger partial charge in [-0.3, -0.25) is 14.6 Å². The Balaban J connectivity index is 1.67. The van der Waals surface area contributed by atoms with E-state index in [-0.39, 0.29) is 17.2 Å². The van der Waals surface area contributed by atoms with Gasteiger partial charge in [0.05, 0.1) is 11.0 Å². The van der Waals surface area contributed by atoms with E-state index in [0.29, 0.717) is 37.4 Å². The molecule has 1 N–H and O–H groups in total. The van der Waals surface area contributed by atoms with Crippen molar-refractivity contribution in [3.63, 3.8) is 0 Å². The van der Waals surface area contributed by atoms with Crippen LogP contribution in [0.5, 0.6) is 0 Å². The first kappa shape index (κ1) is 22.5. The Labute approximate surface area is 188 Å². The Morgan fingerprint density at radius 3 is 2.62 bits per heavy atom. The summed E-state index contributed by atoms with van der Waals surface area (Å²) in [4.78, 5) is 37.4. The number of nitrogens with zero attached hydrogens (tertiary/aromatic N) is 3. The van der Waals surface area contributed by atoms with Crippen molar-refractivity contribution in [1.29, 1.82) is 0 Å². The lowest BCUT2D eigenvalue weighted by atomic mass is 9.68. The van der Waals surface area contributed by atoms with Crippen LogP contribution in [0.2, 0.25) is 0 Å². The molecule has 0 bridgehead atoms. The molecule has 0 atom stereocenters. The van der Waals surface area contributed by atoms with E-state index in [0.717, 1.165) is 54.7 Å². The van der Waals surface area contributed by atoms with Crippen LogP contribution in [0.1, 0.15) is 61.8 Å². The number of hydrogen-bond acceptors (Lipinski definition) is 5. The molecule has 1 aromatic carbocycles. The minimum absolute atomic E-state index is 0.00360. The fourth-order valence-corrected chi connectivity index (χ4v) is 5.46. The highest BCUT2D eigenvalue weighted by molar-refractivity contribution is 5.89. The molecule has 1 saturated heterocycles.